The lowest BCUT2D eigenvalue weighted by Crippen LogP contribution is -2.24. The zero-order chi connectivity index (χ0) is 26.4. The van der Waals surface area contributed by atoms with Crippen LogP contribution in [-0.4, -0.2) is 31.6 Å². The van der Waals surface area contributed by atoms with Crippen molar-refractivity contribution in [3.63, 3.8) is 0 Å². The number of pyridine rings is 1. The summed E-state index contributed by atoms with van der Waals surface area (Å²) >= 11 is 0. The normalized spacial score (nSPS) is 12.3. The lowest BCUT2D eigenvalue weighted by Gasteiger charge is -2.12. The van der Waals surface area contributed by atoms with Crippen LogP contribution in [0, 0.1) is 0 Å². The Morgan fingerprint density at radius 2 is 1.42 bits per heavy atom. The van der Waals surface area contributed by atoms with E-state index >= 15 is 0 Å². The van der Waals surface area contributed by atoms with E-state index in [4.69, 9.17) is 16.2 Å². The Kier molecular flexibility index (Phi) is 5.23. The topological polar surface area (TPSA) is 171 Å². The summed E-state index contributed by atoms with van der Waals surface area (Å²) < 4.78 is 7.09. The third-order valence-electron chi connectivity index (χ3n) is 6.04. The van der Waals surface area contributed by atoms with Crippen molar-refractivity contribution < 1.29 is 14.3 Å². The minimum absolute atomic E-state index is 0.0250. The number of fused-ring (bicyclic) bond motifs is 1. The van der Waals surface area contributed by atoms with Crippen molar-refractivity contribution in [2.45, 2.75) is 0 Å². The van der Waals surface area contributed by atoms with E-state index in [0.29, 0.717) is 40.1 Å². The first-order chi connectivity index (χ1) is 18.4. The number of aromatic nitrogens is 4. The molecule has 1 aliphatic rings. The molecule has 3 aromatic carbocycles. The van der Waals surface area contributed by atoms with Crippen molar-refractivity contribution in [3.05, 3.63) is 100 Å². The van der Waals surface area contributed by atoms with Crippen LogP contribution in [0.4, 0.5) is 11.5 Å². The predicted octanol–water partition coefficient (Wildman–Crippen LogP) is 3.13. The van der Waals surface area contributed by atoms with Crippen LogP contribution in [0.3, 0.4) is 0 Å². The van der Waals surface area contributed by atoms with Crippen LogP contribution in [0.1, 0.15) is 20.7 Å². The van der Waals surface area contributed by atoms with Crippen LogP contribution >= 0.6 is 0 Å². The molecule has 1 aliphatic heterocycles. The highest BCUT2D eigenvalue weighted by Gasteiger charge is 2.31. The number of hydrogen-bond donors (Lipinski definition) is 4. The fraction of sp³-hybridized carbons (Fsp3) is 0. The Bertz CT molecular complexity index is 1810. The Hall–Kier alpha value is -5.71. The quantitative estimate of drug-likeness (QED) is 0.208. The van der Waals surface area contributed by atoms with E-state index < -0.39 is 17.4 Å². The summed E-state index contributed by atoms with van der Waals surface area (Å²) in [6, 6.07) is 22.4. The van der Waals surface area contributed by atoms with Gasteiger partial charge in [-0.1, -0.05) is 24.3 Å². The number of H-pyrrole nitrogens is 1. The van der Waals surface area contributed by atoms with Crippen molar-refractivity contribution in [1.82, 2.24) is 25.1 Å². The molecule has 186 valence electrons. The summed E-state index contributed by atoms with van der Waals surface area (Å²) in [5, 5.41) is 10.7. The number of anilines is 2. The van der Waals surface area contributed by atoms with Crippen molar-refractivity contribution in [2.24, 2.45) is 0 Å². The largest absolute Gasteiger partial charge is 0.457 e. The zero-order valence-electron chi connectivity index (χ0n) is 19.6. The summed E-state index contributed by atoms with van der Waals surface area (Å²) in [6.07, 6.45) is 0. The molecule has 0 saturated carbocycles. The van der Waals surface area contributed by atoms with E-state index in [1.165, 1.54) is 4.57 Å². The van der Waals surface area contributed by atoms with Crippen LogP contribution in [-0.2, 0) is 0 Å². The number of nitrogens with zero attached hydrogens (tertiary/aromatic N) is 3. The molecule has 2 aromatic heterocycles. The summed E-state index contributed by atoms with van der Waals surface area (Å²) in [7, 11) is 0. The highest BCUT2D eigenvalue weighted by molar-refractivity contribution is 6.23. The van der Waals surface area contributed by atoms with Gasteiger partial charge in [0.1, 0.15) is 17.3 Å². The number of carbonyl (C=O) groups excluding carboxylic acids is 2. The first-order valence-electron chi connectivity index (χ1n) is 11.5. The lowest BCUT2D eigenvalue weighted by molar-refractivity contribution is 0.0880. The van der Waals surface area contributed by atoms with Gasteiger partial charge in [-0.05, 0) is 48.5 Å². The summed E-state index contributed by atoms with van der Waals surface area (Å²) in [5.41, 5.74) is 13.7. The van der Waals surface area contributed by atoms with Gasteiger partial charge in [0.25, 0.3) is 17.4 Å². The molecule has 0 fully saturated rings. The third-order valence-corrected chi connectivity index (χ3v) is 6.04. The molecular formula is C27H19N7O4. The smallest absolute Gasteiger partial charge is 0.262 e. The van der Waals surface area contributed by atoms with E-state index in [0.717, 1.165) is 11.6 Å². The Morgan fingerprint density at radius 3 is 2.16 bits per heavy atom. The van der Waals surface area contributed by atoms with Crippen molar-refractivity contribution in [3.8, 4) is 40.0 Å². The van der Waals surface area contributed by atoms with Gasteiger partial charge in [-0.3, -0.25) is 24.3 Å². The average molecular weight is 505 g/mol. The number of nitrogens with one attached hydrogen (secondary N) is 2. The molecule has 0 spiro atoms. The number of benzene rings is 3. The Morgan fingerprint density at radius 1 is 0.737 bits per heavy atom. The van der Waals surface area contributed by atoms with Gasteiger partial charge in [-0.25, -0.2) is 0 Å². The molecule has 11 heteroatoms. The lowest BCUT2D eigenvalue weighted by atomic mass is 10.1. The molecule has 0 unspecified atom stereocenters. The van der Waals surface area contributed by atoms with Crippen LogP contribution in [0.25, 0.3) is 28.5 Å². The summed E-state index contributed by atoms with van der Waals surface area (Å²) in [4.78, 5) is 40.1. The van der Waals surface area contributed by atoms with E-state index in [1.807, 2.05) is 24.3 Å². The molecule has 38 heavy (non-hydrogen) atoms. The number of carbonyl (C=O) groups is 2. The number of rotatable bonds is 5. The van der Waals surface area contributed by atoms with Gasteiger partial charge in [0.05, 0.1) is 16.8 Å². The summed E-state index contributed by atoms with van der Waals surface area (Å²) in [6.45, 7) is 0. The average Bonchev–Trinajstić information content (AvgIpc) is 3.51. The van der Waals surface area contributed by atoms with Crippen LogP contribution < -0.4 is 27.1 Å². The van der Waals surface area contributed by atoms with Crippen LogP contribution in [0.15, 0.2) is 83.7 Å². The molecule has 6 N–H and O–H groups in total. The molecule has 0 atom stereocenters. The molecule has 0 bridgehead atoms. The van der Waals surface area contributed by atoms with E-state index in [-0.39, 0.29) is 16.9 Å². The number of imide groups is 1. The second-order valence-corrected chi connectivity index (χ2v) is 8.55. The molecule has 0 aliphatic carbocycles. The first kappa shape index (κ1) is 22.7. The standard InChI is InChI=1S/C27H19N7O4/c28-16-7-9-18(10-8-16)38-19-6-2-4-15(12-19)25-30-24(32-33-25)14-3-1-5-17(11-14)34-21(35)13-20-22(23(34)29)27(37)31-26(20)36/h1-13H,28-29H2,(H,30,32,33)(H,31,36,37). The number of hydrogen-bond acceptors (Lipinski definition) is 8. The van der Waals surface area contributed by atoms with Crippen LogP contribution in [0.2, 0.25) is 0 Å². The molecule has 11 nitrogen and oxygen atoms in total. The highest BCUT2D eigenvalue weighted by Crippen LogP contribution is 2.28. The molecule has 6 rings (SSSR count). The van der Waals surface area contributed by atoms with Crippen molar-refractivity contribution in [1.29, 1.82) is 0 Å². The SMILES string of the molecule is Nc1ccc(Oc2cccc(-c3nnc(-c4cccc(-n5c(N)c6c(cc5=O)C(=O)NC6=O)c4)[nH]3)c2)cc1. The molecule has 3 heterocycles. The second kappa shape index (κ2) is 8.75. The maximum absolute atomic E-state index is 12.8. The molecular weight excluding hydrogens is 486 g/mol. The molecule has 2 amide bonds. The van der Waals surface area contributed by atoms with E-state index in [9.17, 15) is 14.4 Å². The van der Waals surface area contributed by atoms with Gasteiger partial charge < -0.3 is 21.2 Å². The third kappa shape index (κ3) is 3.93. The van der Waals surface area contributed by atoms with Crippen molar-refractivity contribution >= 4 is 23.3 Å². The number of ether oxygens (including phenoxy) is 1. The van der Waals surface area contributed by atoms with Gasteiger partial charge in [-0.2, -0.15) is 0 Å². The first-order valence-corrected chi connectivity index (χ1v) is 11.5. The fourth-order valence-electron chi connectivity index (χ4n) is 4.24. The van der Waals surface area contributed by atoms with Crippen molar-refractivity contribution in [2.75, 3.05) is 11.5 Å². The fourth-order valence-corrected chi connectivity index (χ4v) is 4.24. The maximum atomic E-state index is 12.8. The number of amides is 2. The van der Waals surface area contributed by atoms with E-state index in [2.05, 4.69) is 20.5 Å². The molecule has 5 aromatic rings. The minimum atomic E-state index is -0.646. The Labute approximate surface area is 214 Å². The van der Waals surface area contributed by atoms with Gasteiger partial charge in [0.15, 0.2) is 11.6 Å². The van der Waals surface area contributed by atoms with Gasteiger partial charge >= 0.3 is 0 Å². The second-order valence-electron chi connectivity index (χ2n) is 8.55. The van der Waals surface area contributed by atoms with Gasteiger partial charge in [0.2, 0.25) is 0 Å². The monoisotopic (exact) mass is 505 g/mol. The maximum Gasteiger partial charge on any atom is 0.262 e. The zero-order valence-corrected chi connectivity index (χ0v) is 19.6. The molecule has 0 radical (unpaired) electrons. The van der Waals surface area contributed by atoms with E-state index in [1.54, 1.807) is 48.5 Å². The highest BCUT2D eigenvalue weighted by atomic mass is 16.5. The molecule has 0 saturated heterocycles. The minimum Gasteiger partial charge on any atom is -0.457 e. The van der Waals surface area contributed by atoms with Crippen LogP contribution in [0.5, 0.6) is 11.5 Å². The Balaban J connectivity index is 1.32. The van der Waals surface area contributed by atoms with Gasteiger partial charge in [0, 0.05) is 22.9 Å². The number of aromatic amines is 1. The predicted molar refractivity (Wildman–Crippen MR) is 140 cm³/mol. The summed E-state index contributed by atoms with van der Waals surface area (Å²) in [5.74, 6) is 0.811. The van der Waals surface area contributed by atoms with Gasteiger partial charge in [-0.15, -0.1) is 10.2 Å². The number of nitrogens with two attached hydrogens (primary N) is 2. The number of nitrogen functional groups attached to an aromatic ring is 2.